The molecular formula is C16H26O. The third kappa shape index (κ3) is 4.91. The predicted octanol–water partition coefficient (Wildman–Crippen LogP) is 4.57. The SMILES string of the molecule is CC(CCCC(O)c1ccccc1)C(C)(C)C. The highest BCUT2D eigenvalue weighted by Crippen LogP contribution is 2.30. The van der Waals surface area contributed by atoms with E-state index in [-0.39, 0.29) is 6.10 Å². The van der Waals surface area contributed by atoms with E-state index >= 15 is 0 Å². The third-order valence-corrected chi connectivity index (χ3v) is 3.78. The van der Waals surface area contributed by atoms with Crippen molar-refractivity contribution in [1.82, 2.24) is 0 Å². The molecule has 1 rings (SSSR count). The highest BCUT2D eigenvalue weighted by Gasteiger charge is 2.19. The lowest BCUT2D eigenvalue weighted by molar-refractivity contribution is 0.154. The summed E-state index contributed by atoms with van der Waals surface area (Å²) in [6.45, 7) is 9.15. The molecule has 0 amide bonds. The molecule has 0 saturated carbocycles. The molecular weight excluding hydrogens is 208 g/mol. The number of hydrogen-bond acceptors (Lipinski definition) is 1. The van der Waals surface area contributed by atoms with Crippen molar-refractivity contribution in [2.75, 3.05) is 0 Å². The van der Waals surface area contributed by atoms with Crippen LogP contribution in [0.15, 0.2) is 30.3 Å². The minimum Gasteiger partial charge on any atom is -0.388 e. The van der Waals surface area contributed by atoms with Gasteiger partial charge in [-0.2, -0.15) is 0 Å². The highest BCUT2D eigenvalue weighted by molar-refractivity contribution is 5.16. The van der Waals surface area contributed by atoms with Crippen LogP contribution in [0.1, 0.15) is 58.6 Å². The fourth-order valence-electron chi connectivity index (χ4n) is 1.89. The average Bonchev–Trinajstić information content (AvgIpc) is 2.28. The summed E-state index contributed by atoms with van der Waals surface area (Å²) in [6, 6.07) is 9.94. The Balaban J connectivity index is 2.33. The van der Waals surface area contributed by atoms with Crippen molar-refractivity contribution < 1.29 is 5.11 Å². The first kappa shape index (κ1) is 14.2. The standard InChI is InChI=1S/C16H26O/c1-13(16(2,3)4)9-8-12-15(17)14-10-6-5-7-11-14/h5-7,10-11,13,15,17H,8-9,12H2,1-4H3. The largest absolute Gasteiger partial charge is 0.388 e. The number of benzene rings is 1. The summed E-state index contributed by atoms with van der Waals surface area (Å²) in [7, 11) is 0. The van der Waals surface area contributed by atoms with Gasteiger partial charge in [-0.15, -0.1) is 0 Å². The molecule has 0 saturated heterocycles. The van der Waals surface area contributed by atoms with Crippen molar-refractivity contribution in [1.29, 1.82) is 0 Å². The van der Waals surface area contributed by atoms with Crippen molar-refractivity contribution in [2.24, 2.45) is 11.3 Å². The predicted molar refractivity (Wildman–Crippen MR) is 73.9 cm³/mol. The Hall–Kier alpha value is -0.820. The molecule has 2 atom stereocenters. The van der Waals surface area contributed by atoms with Gasteiger partial charge in [-0.05, 0) is 23.3 Å². The Labute approximate surface area is 106 Å². The van der Waals surface area contributed by atoms with Gasteiger partial charge in [0.15, 0.2) is 0 Å². The molecule has 0 bridgehead atoms. The van der Waals surface area contributed by atoms with Crippen LogP contribution in [0.4, 0.5) is 0 Å². The minimum absolute atomic E-state index is 0.302. The Bertz CT molecular complexity index is 310. The monoisotopic (exact) mass is 234 g/mol. The van der Waals surface area contributed by atoms with E-state index in [0.29, 0.717) is 11.3 Å². The second kappa shape index (κ2) is 6.20. The van der Waals surface area contributed by atoms with Crippen molar-refractivity contribution in [3.63, 3.8) is 0 Å². The van der Waals surface area contributed by atoms with Gasteiger partial charge in [0.2, 0.25) is 0 Å². The van der Waals surface area contributed by atoms with Gasteiger partial charge in [-0.25, -0.2) is 0 Å². The fourth-order valence-corrected chi connectivity index (χ4v) is 1.89. The van der Waals surface area contributed by atoms with Crippen LogP contribution in [-0.4, -0.2) is 5.11 Å². The molecule has 1 aromatic carbocycles. The second-order valence-corrected chi connectivity index (χ2v) is 6.12. The normalized spacial score (nSPS) is 15.6. The lowest BCUT2D eigenvalue weighted by Crippen LogP contribution is -2.17. The number of aliphatic hydroxyl groups is 1. The molecule has 17 heavy (non-hydrogen) atoms. The smallest absolute Gasteiger partial charge is 0.0790 e. The quantitative estimate of drug-likeness (QED) is 0.791. The molecule has 0 spiro atoms. The van der Waals surface area contributed by atoms with E-state index in [4.69, 9.17) is 0 Å². The van der Waals surface area contributed by atoms with Gasteiger partial charge in [-0.1, -0.05) is 70.9 Å². The summed E-state index contributed by atoms with van der Waals surface area (Å²) < 4.78 is 0. The van der Waals surface area contributed by atoms with Crippen LogP contribution in [-0.2, 0) is 0 Å². The molecule has 1 aromatic rings. The van der Waals surface area contributed by atoms with Crippen LogP contribution in [0.5, 0.6) is 0 Å². The number of aliphatic hydroxyl groups excluding tert-OH is 1. The van der Waals surface area contributed by atoms with Crippen LogP contribution in [0, 0.1) is 11.3 Å². The zero-order chi connectivity index (χ0) is 12.9. The third-order valence-electron chi connectivity index (χ3n) is 3.78. The van der Waals surface area contributed by atoms with Crippen LogP contribution in [0.25, 0.3) is 0 Å². The summed E-state index contributed by atoms with van der Waals surface area (Å²) in [5.41, 5.74) is 1.41. The Kier molecular flexibility index (Phi) is 5.20. The second-order valence-electron chi connectivity index (χ2n) is 6.12. The van der Waals surface area contributed by atoms with Crippen LogP contribution in [0.2, 0.25) is 0 Å². The Morgan fingerprint density at radius 2 is 1.65 bits per heavy atom. The van der Waals surface area contributed by atoms with Gasteiger partial charge in [-0.3, -0.25) is 0 Å². The molecule has 1 nitrogen and oxygen atoms in total. The Morgan fingerprint density at radius 1 is 1.06 bits per heavy atom. The van der Waals surface area contributed by atoms with E-state index in [1.807, 2.05) is 30.3 Å². The van der Waals surface area contributed by atoms with E-state index in [0.717, 1.165) is 18.4 Å². The van der Waals surface area contributed by atoms with Crippen molar-refractivity contribution >= 4 is 0 Å². The molecule has 1 heteroatoms. The van der Waals surface area contributed by atoms with Gasteiger partial charge in [0.05, 0.1) is 6.10 Å². The van der Waals surface area contributed by atoms with Crippen LogP contribution >= 0.6 is 0 Å². The zero-order valence-electron chi connectivity index (χ0n) is 11.6. The van der Waals surface area contributed by atoms with E-state index in [1.165, 1.54) is 6.42 Å². The molecule has 96 valence electrons. The summed E-state index contributed by atoms with van der Waals surface area (Å²) in [6.07, 6.45) is 2.84. The Morgan fingerprint density at radius 3 is 2.18 bits per heavy atom. The van der Waals surface area contributed by atoms with E-state index in [9.17, 15) is 5.11 Å². The minimum atomic E-state index is -0.302. The molecule has 0 aliphatic rings. The maximum Gasteiger partial charge on any atom is 0.0790 e. The van der Waals surface area contributed by atoms with Gasteiger partial charge in [0.1, 0.15) is 0 Å². The molecule has 0 heterocycles. The van der Waals surface area contributed by atoms with Crippen molar-refractivity contribution in [3.05, 3.63) is 35.9 Å². The van der Waals surface area contributed by atoms with Crippen LogP contribution in [0.3, 0.4) is 0 Å². The molecule has 1 N–H and O–H groups in total. The first-order valence-electron chi connectivity index (χ1n) is 6.64. The van der Waals surface area contributed by atoms with Crippen LogP contribution < -0.4 is 0 Å². The zero-order valence-corrected chi connectivity index (χ0v) is 11.6. The lowest BCUT2D eigenvalue weighted by atomic mass is 9.79. The van der Waals surface area contributed by atoms with E-state index < -0.39 is 0 Å². The summed E-state index contributed by atoms with van der Waals surface area (Å²) in [5, 5.41) is 10.0. The van der Waals surface area contributed by atoms with Crippen molar-refractivity contribution in [3.8, 4) is 0 Å². The van der Waals surface area contributed by atoms with Crippen molar-refractivity contribution in [2.45, 2.75) is 53.1 Å². The van der Waals surface area contributed by atoms with Gasteiger partial charge < -0.3 is 5.11 Å². The van der Waals surface area contributed by atoms with E-state index in [2.05, 4.69) is 27.7 Å². The molecule has 0 aliphatic heterocycles. The maximum atomic E-state index is 10.0. The summed E-state index contributed by atoms with van der Waals surface area (Å²) >= 11 is 0. The average molecular weight is 234 g/mol. The van der Waals surface area contributed by atoms with Gasteiger partial charge in [0.25, 0.3) is 0 Å². The topological polar surface area (TPSA) is 20.2 Å². The molecule has 0 aliphatic carbocycles. The molecule has 0 aromatic heterocycles. The maximum absolute atomic E-state index is 10.0. The first-order valence-corrected chi connectivity index (χ1v) is 6.64. The lowest BCUT2D eigenvalue weighted by Gasteiger charge is -2.27. The van der Waals surface area contributed by atoms with Gasteiger partial charge >= 0.3 is 0 Å². The molecule has 0 fully saturated rings. The highest BCUT2D eigenvalue weighted by atomic mass is 16.3. The number of rotatable bonds is 5. The number of hydrogen-bond donors (Lipinski definition) is 1. The fraction of sp³-hybridized carbons (Fsp3) is 0.625. The molecule has 2 unspecified atom stereocenters. The van der Waals surface area contributed by atoms with Gasteiger partial charge in [0, 0.05) is 0 Å². The molecule has 0 radical (unpaired) electrons. The summed E-state index contributed by atoms with van der Waals surface area (Å²) in [5.74, 6) is 0.700. The summed E-state index contributed by atoms with van der Waals surface area (Å²) in [4.78, 5) is 0. The first-order chi connectivity index (χ1) is 7.91. The van der Waals surface area contributed by atoms with E-state index in [1.54, 1.807) is 0 Å².